The summed E-state index contributed by atoms with van der Waals surface area (Å²) in [5, 5.41) is 2.89. The molecular formula is C38H44F2N2O12. The number of rotatable bonds is 14. The molecule has 2 atom stereocenters. The summed E-state index contributed by atoms with van der Waals surface area (Å²) >= 11 is 0. The Balaban J connectivity index is 1.59. The lowest BCUT2D eigenvalue weighted by Gasteiger charge is -2.30. The first-order chi connectivity index (χ1) is 25.7. The number of carbonyl (C=O) groups is 4. The second-order valence-electron chi connectivity index (χ2n) is 13.0. The molecule has 1 fully saturated rings. The van der Waals surface area contributed by atoms with Crippen molar-refractivity contribution in [3.8, 4) is 23.0 Å². The number of hydrogen-bond acceptors (Lipinski definition) is 12. The molecule has 292 valence electrons. The van der Waals surface area contributed by atoms with E-state index in [9.17, 15) is 28.0 Å². The van der Waals surface area contributed by atoms with Gasteiger partial charge in [-0.05, 0) is 70.0 Å². The molecule has 2 amide bonds. The minimum Gasteiger partial charge on any atom is -0.493 e. The van der Waals surface area contributed by atoms with E-state index in [-0.39, 0.29) is 72.8 Å². The van der Waals surface area contributed by atoms with Gasteiger partial charge in [0.05, 0.1) is 25.8 Å². The Morgan fingerprint density at radius 1 is 0.815 bits per heavy atom. The molecule has 0 spiro atoms. The first-order valence-electron chi connectivity index (χ1n) is 16.8. The third-order valence-electron chi connectivity index (χ3n) is 8.05. The highest BCUT2D eigenvalue weighted by molar-refractivity contribution is 6.11. The maximum atomic E-state index is 14.8. The molecule has 0 bridgehead atoms. The number of nitrogens with one attached hydrogen (secondary N) is 1. The number of benzene rings is 3. The first kappa shape index (κ1) is 41.3. The van der Waals surface area contributed by atoms with Gasteiger partial charge in [-0.1, -0.05) is 12.1 Å². The van der Waals surface area contributed by atoms with Crippen LogP contribution in [0.5, 0.6) is 23.0 Å². The number of carbonyl (C=O) groups excluding carboxylic acids is 4. The molecule has 1 aliphatic heterocycles. The van der Waals surface area contributed by atoms with Gasteiger partial charge in [-0.15, -0.1) is 0 Å². The third kappa shape index (κ3) is 10.3. The fourth-order valence-corrected chi connectivity index (χ4v) is 5.52. The summed E-state index contributed by atoms with van der Waals surface area (Å²) in [7, 11) is 5.56. The van der Waals surface area contributed by atoms with Gasteiger partial charge in [-0.2, -0.15) is 0 Å². The average molecular weight is 759 g/mol. The number of ketones is 1. The molecule has 4 rings (SSSR count). The lowest BCUT2D eigenvalue weighted by atomic mass is 10.0. The zero-order chi connectivity index (χ0) is 39.6. The van der Waals surface area contributed by atoms with Gasteiger partial charge in [0, 0.05) is 38.4 Å². The van der Waals surface area contributed by atoms with E-state index in [1.54, 1.807) is 20.8 Å². The fraction of sp³-hybridized carbons (Fsp3) is 0.421. The summed E-state index contributed by atoms with van der Waals surface area (Å²) in [5.74, 6) is -4.55. The van der Waals surface area contributed by atoms with Crippen LogP contribution in [0.1, 0.15) is 70.3 Å². The Hall–Kier alpha value is -5.48. The van der Waals surface area contributed by atoms with E-state index in [4.69, 9.17) is 37.9 Å². The van der Waals surface area contributed by atoms with Crippen LogP contribution in [0, 0.1) is 11.6 Å². The quantitative estimate of drug-likeness (QED) is 0.125. The Labute approximate surface area is 311 Å². The topological polar surface area (TPSA) is 157 Å². The molecule has 1 saturated heterocycles. The summed E-state index contributed by atoms with van der Waals surface area (Å²) in [4.78, 5) is 55.1. The van der Waals surface area contributed by atoms with Gasteiger partial charge in [-0.3, -0.25) is 9.59 Å². The van der Waals surface area contributed by atoms with Crippen molar-refractivity contribution in [1.29, 1.82) is 0 Å². The van der Waals surface area contributed by atoms with Gasteiger partial charge in [0.25, 0.3) is 5.91 Å². The Morgan fingerprint density at radius 2 is 1.43 bits per heavy atom. The molecular weight excluding hydrogens is 714 g/mol. The maximum Gasteiger partial charge on any atom is 0.410 e. The SMILES string of the molecule is COCOc1ccc(F)c(F)c1C(=O)c1ccc(C(=O)O[C@@H]2CCCN(C(=O)OC(C)(C)C)C[C@H]2NC(=O)c2cc(OC)c(OCOC)c(OC)c2)cc1. The van der Waals surface area contributed by atoms with Gasteiger partial charge in [0.15, 0.2) is 42.5 Å². The predicted octanol–water partition coefficient (Wildman–Crippen LogP) is 5.53. The average Bonchev–Trinajstić information content (AvgIpc) is 3.34. The van der Waals surface area contributed by atoms with Crippen molar-refractivity contribution in [3.05, 3.63) is 82.4 Å². The van der Waals surface area contributed by atoms with Crippen molar-refractivity contribution < 1.29 is 65.9 Å². The van der Waals surface area contributed by atoms with E-state index >= 15 is 0 Å². The predicted molar refractivity (Wildman–Crippen MR) is 188 cm³/mol. The summed E-state index contributed by atoms with van der Waals surface area (Å²) in [6, 6.07) is 9.03. The number of esters is 1. The number of hydrogen-bond donors (Lipinski definition) is 1. The van der Waals surface area contributed by atoms with Crippen LogP contribution in [-0.2, 0) is 18.9 Å². The Kier molecular flexibility index (Phi) is 14.2. The number of likely N-dealkylation sites (tertiary alicyclic amines) is 1. The molecule has 1 aliphatic rings. The van der Waals surface area contributed by atoms with Gasteiger partial charge < -0.3 is 48.1 Å². The highest BCUT2D eigenvalue weighted by Gasteiger charge is 2.35. The number of halogens is 2. The van der Waals surface area contributed by atoms with E-state index in [0.29, 0.717) is 6.42 Å². The number of methoxy groups -OCH3 is 4. The zero-order valence-corrected chi connectivity index (χ0v) is 31.1. The van der Waals surface area contributed by atoms with E-state index in [0.717, 1.165) is 12.1 Å². The van der Waals surface area contributed by atoms with Crippen LogP contribution in [0.15, 0.2) is 48.5 Å². The van der Waals surface area contributed by atoms with Crippen LogP contribution in [0.2, 0.25) is 0 Å². The lowest BCUT2D eigenvalue weighted by molar-refractivity contribution is 0.0127. The van der Waals surface area contributed by atoms with Gasteiger partial charge in [-0.25, -0.2) is 18.4 Å². The molecule has 3 aromatic rings. The number of amides is 2. The van der Waals surface area contributed by atoms with Gasteiger partial charge in [0.2, 0.25) is 5.75 Å². The minimum atomic E-state index is -1.40. The van der Waals surface area contributed by atoms with E-state index in [2.05, 4.69) is 5.32 Å². The molecule has 1 N–H and O–H groups in total. The zero-order valence-electron chi connectivity index (χ0n) is 31.1. The largest absolute Gasteiger partial charge is 0.493 e. The maximum absolute atomic E-state index is 14.8. The van der Waals surface area contributed by atoms with Gasteiger partial charge >= 0.3 is 12.1 Å². The van der Waals surface area contributed by atoms with E-state index in [1.165, 1.54) is 69.7 Å². The van der Waals surface area contributed by atoms with Crippen LogP contribution in [0.25, 0.3) is 0 Å². The summed E-state index contributed by atoms with van der Waals surface area (Å²) in [5.41, 5.74) is -1.34. The van der Waals surface area contributed by atoms with Crippen molar-refractivity contribution in [1.82, 2.24) is 10.2 Å². The second kappa shape index (κ2) is 18.5. The molecule has 0 unspecified atom stereocenters. The number of nitrogens with zero attached hydrogens (tertiary/aromatic N) is 1. The minimum absolute atomic E-state index is 0.0292. The van der Waals surface area contributed by atoms with Crippen molar-refractivity contribution in [3.63, 3.8) is 0 Å². The summed E-state index contributed by atoms with van der Waals surface area (Å²) in [6.07, 6.45) is -0.879. The highest BCUT2D eigenvalue weighted by atomic mass is 19.2. The molecule has 16 heteroatoms. The number of ether oxygens (including phenoxy) is 8. The summed E-state index contributed by atoms with van der Waals surface area (Å²) < 4.78 is 71.9. The summed E-state index contributed by atoms with van der Waals surface area (Å²) in [6.45, 7) is 4.96. The molecule has 54 heavy (non-hydrogen) atoms. The molecule has 1 heterocycles. The Bertz CT molecular complexity index is 1790. The Morgan fingerprint density at radius 3 is 2.02 bits per heavy atom. The highest BCUT2D eigenvalue weighted by Crippen LogP contribution is 2.39. The van der Waals surface area contributed by atoms with E-state index in [1.807, 2.05) is 0 Å². The smallest absolute Gasteiger partial charge is 0.410 e. The molecule has 0 aliphatic carbocycles. The van der Waals surface area contributed by atoms with Crippen LogP contribution in [-0.4, -0.2) is 102 Å². The molecule has 3 aromatic carbocycles. The monoisotopic (exact) mass is 758 g/mol. The van der Waals surface area contributed by atoms with Crippen LogP contribution >= 0.6 is 0 Å². The third-order valence-corrected chi connectivity index (χ3v) is 8.05. The fourth-order valence-electron chi connectivity index (χ4n) is 5.52. The van der Waals surface area contributed by atoms with Crippen LogP contribution in [0.3, 0.4) is 0 Å². The van der Waals surface area contributed by atoms with Crippen molar-refractivity contribution >= 4 is 23.8 Å². The standard InChI is InChI=1S/C38H44F2N2O12/c1-38(2,3)54-37(46)42-16-8-9-27(26(19-42)41-35(44)24-17-29(49-6)34(52-21-48-5)30(18-24)50-7)53-36(45)23-12-10-22(11-13-23)33(43)31-28(51-20-47-4)15-14-25(39)32(31)40/h10-15,17-18,26-27H,8-9,16,19-21H2,1-7H3,(H,41,44)/t26-,27-/m1/s1. The normalized spacial score (nSPS) is 15.8. The molecule has 0 saturated carbocycles. The molecule has 0 aromatic heterocycles. The van der Waals surface area contributed by atoms with Crippen molar-refractivity contribution in [2.24, 2.45) is 0 Å². The van der Waals surface area contributed by atoms with Crippen LogP contribution < -0.4 is 24.3 Å². The second-order valence-corrected chi connectivity index (χ2v) is 13.0. The lowest BCUT2D eigenvalue weighted by Crippen LogP contribution is -2.51. The van der Waals surface area contributed by atoms with Crippen molar-refractivity contribution in [2.75, 3.05) is 55.1 Å². The molecule has 0 radical (unpaired) electrons. The molecule has 14 nitrogen and oxygen atoms in total. The van der Waals surface area contributed by atoms with Crippen molar-refractivity contribution in [2.45, 2.75) is 51.4 Å². The van der Waals surface area contributed by atoms with E-state index < -0.39 is 58.7 Å². The van der Waals surface area contributed by atoms with Crippen LogP contribution in [0.4, 0.5) is 13.6 Å². The first-order valence-corrected chi connectivity index (χ1v) is 16.8. The van der Waals surface area contributed by atoms with Gasteiger partial charge in [0.1, 0.15) is 23.0 Å².